The number of anilines is 1. The molecule has 184 valence electrons. The zero-order valence-corrected chi connectivity index (χ0v) is 20.7. The normalized spacial score (nSPS) is 13.7. The van der Waals surface area contributed by atoms with E-state index >= 15 is 0 Å². The van der Waals surface area contributed by atoms with Gasteiger partial charge in [-0.15, -0.1) is 0 Å². The summed E-state index contributed by atoms with van der Waals surface area (Å²) in [4.78, 5) is 42.2. The number of hydrogen-bond donors (Lipinski definition) is 2. The number of fused-ring (bicyclic) bond motifs is 1. The maximum atomic E-state index is 13.8. The number of rotatable bonds is 5. The minimum Gasteiger partial charge on any atom is -0.357 e. The number of carbonyl (C=O) groups excluding carboxylic acids is 1. The van der Waals surface area contributed by atoms with Gasteiger partial charge in [-0.05, 0) is 49.2 Å². The molecule has 3 aromatic heterocycles. The monoisotopic (exact) mass is 483 g/mol. The maximum absolute atomic E-state index is 13.8. The van der Waals surface area contributed by atoms with Crippen molar-refractivity contribution in [2.24, 2.45) is 0 Å². The molecular weight excluding hydrogens is 454 g/mol. The molecule has 9 heteroatoms. The zero-order chi connectivity index (χ0) is 25.2. The molecule has 1 aliphatic rings. The average Bonchev–Trinajstić information content (AvgIpc) is 2.90. The lowest BCUT2D eigenvalue weighted by molar-refractivity contribution is -0.132. The summed E-state index contributed by atoms with van der Waals surface area (Å²) in [6, 6.07) is 13.7. The summed E-state index contributed by atoms with van der Waals surface area (Å²) < 4.78 is 1.48. The second kappa shape index (κ2) is 9.87. The number of nitrogens with one attached hydrogen (secondary N) is 2. The van der Waals surface area contributed by atoms with E-state index in [0.29, 0.717) is 35.6 Å². The minimum atomic E-state index is -0.253. The van der Waals surface area contributed by atoms with Crippen molar-refractivity contribution in [2.75, 3.05) is 38.5 Å². The first-order valence-electron chi connectivity index (χ1n) is 12.1. The van der Waals surface area contributed by atoms with E-state index in [1.165, 1.54) is 4.57 Å². The van der Waals surface area contributed by atoms with Gasteiger partial charge in [-0.25, -0.2) is 4.98 Å². The Labute approximate surface area is 209 Å². The molecule has 4 aromatic rings. The van der Waals surface area contributed by atoms with Crippen LogP contribution < -0.4 is 16.2 Å². The van der Waals surface area contributed by atoms with E-state index in [2.05, 4.69) is 25.6 Å². The van der Waals surface area contributed by atoms with Crippen molar-refractivity contribution in [1.82, 2.24) is 29.7 Å². The lowest BCUT2D eigenvalue weighted by atomic mass is 9.97. The Morgan fingerprint density at radius 2 is 1.86 bits per heavy atom. The van der Waals surface area contributed by atoms with Crippen LogP contribution >= 0.6 is 0 Å². The van der Waals surface area contributed by atoms with E-state index in [0.717, 1.165) is 41.2 Å². The Bertz CT molecular complexity index is 1510. The van der Waals surface area contributed by atoms with Crippen LogP contribution in [-0.4, -0.2) is 63.6 Å². The van der Waals surface area contributed by atoms with Crippen LogP contribution in [0.25, 0.3) is 33.4 Å². The second-order valence-electron chi connectivity index (χ2n) is 9.00. The molecule has 0 spiro atoms. The molecule has 0 bridgehead atoms. The van der Waals surface area contributed by atoms with E-state index in [-0.39, 0.29) is 18.0 Å². The van der Waals surface area contributed by atoms with Gasteiger partial charge in [0.25, 0.3) is 5.56 Å². The van der Waals surface area contributed by atoms with Crippen molar-refractivity contribution in [3.63, 3.8) is 0 Å². The molecule has 1 amide bonds. The topological polar surface area (TPSA) is 105 Å². The van der Waals surface area contributed by atoms with Gasteiger partial charge in [-0.1, -0.05) is 18.2 Å². The van der Waals surface area contributed by atoms with Gasteiger partial charge >= 0.3 is 0 Å². The number of pyridine rings is 2. The summed E-state index contributed by atoms with van der Waals surface area (Å²) in [5.74, 6) is 0.295. The molecule has 36 heavy (non-hydrogen) atoms. The number of benzene rings is 1. The van der Waals surface area contributed by atoms with Gasteiger partial charge in [-0.3, -0.25) is 19.1 Å². The third-order valence-electron chi connectivity index (χ3n) is 6.51. The molecule has 9 nitrogen and oxygen atoms in total. The fourth-order valence-corrected chi connectivity index (χ4v) is 4.60. The predicted octanol–water partition coefficient (Wildman–Crippen LogP) is 2.61. The number of aryl methyl sites for hydroxylation is 2. The molecule has 1 aromatic carbocycles. The van der Waals surface area contributed by atoms with Gasteiger partial charge in [-0.2, -0.15) is 4.98 Å². The van der Waals surface area contributed by atoms with Crippen LogP contribution in [0, 0.1) is 13.8 Å². The molecule has 2 N–H and O–H groups in total. The summed E-state index contributed by atoms with van der Waals surface area (Å²) in [6.45, 7) is 6.60. The summed E-state index contributed by atoms with van der Waals surface area (Å²) in [6.07, 6.45) is 1.68. The molecule has 1 fully saturated rings. The Kier molecular flexibility index (Phi) is 6.47. The zero-order valence-electron chi connectivity index (χ0n) is 20.7. The van der Waals surface area contributed by atoms with Crippen molar-refractivity contribution in [3.05, 3.63) is 70.3 Å². The fourth-order valence-electron chi connectivity index (χ4n) is 4.60. The smallest absolute Gasteiger partial charge is 0.260 e. The summed E-state index contributed by atoms with van der Waals surface area (Å²) in [5.41, 5.74) is 5.26. The molecule has 0 aliphatic carbocycles. The van der Waals surface area contributed by atoms with E-state index in [1.807, 2.05) is 56.3 Å². The highest BCUT2D eigenvalue weighted by Crippen LogP contribution is 2.28. The molecular formula is C27H29N7O2. The van der Waals surface area contributed by atoms with Crippen molar-refractivity contribution in [2.45, 2.75) is 20.4 Å². The number of piperazine rings is 1. The quantitative estimate of drug-likeness (QED) is 0.450. The second-order valence-corrected chi connectivity index (χ2v) is 9.00. The van der Waals surface area contributed by atoms with Crippen LogP contribution in [0.1, 0.15) is 11.3 Å². The molecule has 0 atom stereocenters. The third kappa shape index (κ3) is 4.57. The number of hydrogen-bond acceptors (Lipinski definition) is 7. The third-order valence-corrected chi connectivity index (χ3v) is 6.51. The minimum absolute atomic E-state index is 0.0757. The highest BCUT2D eigenvalue weighted by atomic mass is 16.2. The number of amides is 1. The number of carbonyl (C=O) groups is 1. The molecule has 1 aliphatic heterocycles. The van der Waals surface area contributed by atoms with E-state index in [4.69, 9.17) is 0 Å². The van der Waals surface area contributed by atoms with Crippen molar-refractivity contribution in [3.8, 4) is 22.4 Å². The van der Waals surface area contributed by atoms with Crippen LogP contribution in [0.3, 0.4) is 0 Å². The first kappa shape index (κ1) is 23.6. The van der Waals surface area contributed by atoms with Crippen LogP contribution in [-0.2, 0) is 11.3 Å². The lowest BCUT2D eigenvalue weighted by Crippen LogP contribution is -2.48. The van der Waals surface area contributed by atoms with Crippen LogP contribution in [0.4, 0.5) is 5.95 Å². The standard InChI is InChI=1S/C27H29N7O2/c1-17-13-19(23-6-4-5-18(2)31-23)7-8-21(17)22-14-20-15-30-27(28-3)32-25(20)34(26(22)36)16-24(35)33-11-9-29-10-12-33/h4-8,13-15,29H,9-12,16H2,1-3H3,(H,28,30,32). The van der Waals surface area contributed by atoms with Crippen LogP contribution in [0.5, 0.6) is 0 Å². The summed E-state index contributed by atoms with van der Waals surface area (Å²) >= 11 is 0. The van der Waals surface area contributed by atoms with Crippen molar-refractivity contribution < 1.29 is 4.79 Å². The van der Waals surface area contributed by atoms with Gasteiger partial charge in [0.1, 0.15) is 12.2 Å². The van der Waals surface area contributed by atoms with Crippen molar-refractivity contribution in [1.29, 1.82) is 0 Å². The highest BCUT2D eigenvalue weighted by Gasteiger charge is 2.21. The van der Waals surface area contributed by atoms with Gasteiger partial charge in [0, 0.05) is 61.6 Å². The van der Waals surface area contributed by atoms with E-state index in [9.17, 15) is 9.59 Å². The fraction of sp³-hybridized carbons (Fsp3) is 0.296. The summed E-state index contributed by atoms with van der Waals surface area (Å²) in [5, 5.41) is 6.86. The van der Waals surface area contributed by atoms with E-state index < -0.39 is 0 Å². The van der Waals surface area contributed by atoms with Gasteiger partial charge < -0.3 is 15.5 Å². The molecule has 1 saturated heterocycles. The Morgan fingerprint density at radius 3 is 2.58 bits per heavy atom. The van der Waals surface area contributed by atoms with Crippen LogP contribution in [0.2, 0.25) is 0 Å². The van der Waals surface area contributed by atoms with Gasteiger partial charge in [0.15, 0.2) is 0 Å². The molecule has 0 saturated carbocycles. The summed E-state index contributed by atoms with van der Waals surface area (Å²) in [7, 11) is 1.72. The van der Waals surface area contributed by atoms with E-state index in [1.54, 1.807) is 18.1 Å². The number of nitrogens with zero attached hydrogens (tertiary/aromatic N) is 5. The molecule has 5 rings (SSSR count). The van der Waals surface area contributed by atoms with Crippen LogP contribution in [0.15, 0.2) is 53.5 Å². The Morgan fingerprint density at radius 1 is 1.06 bits per heavy atom. The maximum Gasteiger partial charge on any atom is 0.260 e. The average molecular weight is 484 g/mol. The largest absolute Gasteiger partial charge is 0.357 e. The first-order valence-corrected chi connectivity index (χ1v) is 12.1. The molecule has 0 unspecified atom stereocenters. The number of aromatic nitrogens is 4. The van der Waals surface area contributed by atoms with Gasteiger partial charge in [0.2, 0.25) is 11.9 Å². The SMILES string of the molecule is CNc1ncc2cc(-c3ccc(-c4cccc(C)n4)cc3C)c(=O)n(CC(=O)N3CCNCC3)c2n1. The van der Waals surface area contributed by atoms with Gasteiger partial charge in [0.05, 0.1) is 5.69 Å². The Balaban J connectivity index is 1.61. The Hall–Kier alpha value is -4.11. The first-order chi connectivity index (χ1) is 17.4. The lowest BCUT2D eigenvalue weighted by Gasteiger charge is -2.28. The highest BCUT2D eigenvalue weighted by molar-refractivity contribution is 5.85. The predicted molar refractivity (Wildman–Crippen MR) is 141 cm³/mol. The molecule has 4 heterocycles. The molecule has 0 radical (unpaired) electrons. The van der Waals surface area contributed by atoms with Crippen molar-refractivity contribution >= 4 is 22.9 Å².